The molecular formula is C16H19NO. The Kier molecular flexibility index (Phi) is 3.98. The first-order chi connectivity index (χ1) is 8.70. The summed E-state index contributed by atoms with van der Waals surface area (Å²) in [6.45, 7) is 4.98. The molecule has 2 rings (SSSR count). The van der Waals surface area contributed by atoms with E-state index in [-0.39, 0.29) is 5.78 Å². The summed E-state index contributed by atoms with van der Waals surface area (Å²) >= 11 is 0. The van der Waals surface area contributed by atoms with Crippen molar-refractivity contribution in [1.29, 1.82) is 0 Å². The number of benzene rings is 1. The Balaban J connectivity index is 2.00. The second-order valence-corrected chi connectivity index (χ2v) is 4.59. The molecule has 0 saturated heterocycles. The van der Waals surface area contributed by atoms with Crippen molar-refractivity contribution in [2.75, 3.05) is 0 Å². The molecule has 0 N–H and O–H groups in total. The van der Waals surface area contributed by atoms with Crippen molar-refractivity contribution in [3.05, 3.63) is 59.4 Å². The number of carbonyl (C=O) groups excluding carboxylic acids is 1. The van der Waals surface area contributed by atoms with Gasteiger partial charge in [0.05, 0.1) is 5.69 Å². The maximum atomic E-state index is 12.1. The minimum absolute atomic E-state index is 0.225. The largest absolute Gasteiger partial charge is 0.345 e. The van der Waals surface area contributed by atoms with Crippen LogP contribution in [0.2, 0.25) is 0 Å². The minimum Gasteiger partial charge on any atom is -0.345 e. The molecular weight excluding hydrogens is 222 g/mol. The average molecular weight is 241 g/mol. The Morgan fingerprint density at radius 1 is 1.22 bits per heavy atom. The lowest BCUT2D eigenvalue weighted by atomic mass is 10.0. The summed E-state index contributed by atoms with van der Waals surface area (Å²) in [5, 5.41) is 0. The second kappa shape index (κ2) is 5.67. The van der Waals surface area contributed by atoms with Gasteiger partial charge in [-0.3, -0.25) is 4.79 Å². The zero-order valence-corrected chi connectivity index (χ0v) is 11.0. The molecule has 2 aromatic rings. The van der Waals surface area contributed by atoms with Crippen molar-refractivity contribution in [3.8, 4) is 0 Å². The van der Waals surface area contributed by atoms with Crippen LogP contribution in [0.25, 0.3) is 0 Å². The highest BCUT2D eigenvalue weighted by Crippen LogP contribution is 2.11. The van der Waals surface area contributed by atoms with Gasteiger partial charge < -0.3 is 4.57 Å². The van der Waals surface area contributed by atoms with Gasteiger partial charge >= 0.3 is 0 Å². The van der Waals surface area contributed by atoms with E-state index in [1.165, 1.54) is 11.1 Å². The molecule has 0 radical (unpaired) electrons. The fourth-order valence-corrected chi connectivity index (χ4v) is 2.20. The van der Waals surface area contributed by atoms with Crippen LogP contribution < -0.4 is 0 Å². The van der Waals surface area contributed by atoms with Gasteiger partial charge in [0.2, 0.25) is 0 Å². The van der Waals surface area contributed by atoms with Crippen LogP contribution in [0.3, 0.4) is 0 Å². The van der Waals surface area contributed by atoms with Crippen molar-refractivity contribution in [2.45, 2.75) is 33.2 Å². The number of hydrogen-bond acceptors (Lipinski definition) is 1. The predicted molar refractivity (Wildman–Crippen MR) is 73.9 cm³/mol. The Morgan fingerprint density at radius 3 is 2.78 bits per heavy atom. The van der Waals surface area contributed by atoms with E-state index in [9.17, 15) is 4.79 Å². The van der Waals surface area contributed by atoms with Crippen molar-refractivity contribution >= 4 is 5.78 Å². The standard InChI is InChI=1S/C16H19NO/c1-3-17-11-5-8-15(17)16(18)10-9-14-7-4-6-13(2)12-14/h4-8,11-12H,3,9-10H2,1-2H3. The molecule has 94 valence electrons. The molecule has 0 amide bonds. The van der Waals surface area contributed by atoms with Crippen LogP contribution >= 0.6 is 0 Å². The van der Waals surface area contributed by atoms with E-state index in [1.54, 1.807) is 0 Å². The first-order valence-corrected chi connectivity index (χ1v) is 6.44. The normalized spacial score (nSPS) is 10.6. The molecule has 0 aliphatic heterocycles. The molecule has 1 heterocycles. The third-order valence-electron chi connectivity index (χ3n) is 3.18. The number of aromatic nitrogens is 1. The van der Waals surface area contributed by atoms with Gasteiger partial charge in [-0.15, -0.1) is 0 Å². The summed E-state index contributed by atoms with van der Waals surface area (Å²) in [6.07, 6.45) is 3.35. The van der Waals surface area contributed by atoms with Crippen molar-refractivity contribution in [2.24, 2.45) is 0 Å². The Bertz CT molecular complexity index is 540. The molecule has 0 spiro atoms. The zero-order valence-electron chi connectivity index (χ0n) is 11.0. The number of aryl methyl sites for hydroxylation is 3. The van der Waals surface area contributed by atoms with Gasteiger partial charge in [0.1, 0.15) is 0 Å². The van der Waals surface area contributed by atoms with Gasteiger partial charge in [0.15, 0.2) is 5.78 Å². The van der Waals surface area contributed by atoms with Crippen LogP contribution in [0.5, 0.6) is 0 Å². The van der Waals surface area contributed by atoms with Crippen molar-refractivity contribution in [1.82, 2.24) is 4.57 Å². The zero-order chi connectivity index (χ0) is 13.0. The van der Waals surface area contributed by atoms with E-state index in [0.717, 1.165) is 18.7 Å². The Hall–Kier alpha value is -1.83. The summed E-state index contributed by atoms with van der Waals surface area (Å²) < 4.78 is 2.00. The van der Waals surface area contributed by atoms with Gasteiger partial charge in [0, 0.05) is 19.2 Å². The number of hydrogen-bond donors (Lipinski definition) is 0. The lowest BCUT2D eigenvalue weighted by Gasteiger charge is -2.06. The SMILES string of the molecule is CCn1cccc1C(=O)CCc1cccc(C)c1. The summed E-state index contributed by atoms with van der Waals surface area (Å²) in [5.41, 5.74) is 3.31. The first kappa shape index (κ1) is 12.6. The van der Waals surface area contributed by atoms with Crippen LogP contribution in [0, 0.1) is 6.92 Å². The minimum atomic E-state index is 0.225. The second-order valence-electron chi connectivity index (χ2n) is 4.59. The quantitative estimate of drug-likeness (QED) is 0.733. The van der Waals surface area contributed by atoms with E-state index in [4.69, 9.17) is 0 Å². The van der Waals surface area contributed by atoms with E-state index in [0.29, 0.717) is 6.42 Å². The van der Waals surface area contributed by atoms with Crippen LogP contribution in [0.4, 0.5) is 0 Å². The molecule has 0 fully saturated rings. The fraction of sp³-hybridized carbons (Fsp3) is 0.312. The van der Waals surface area contributed by atoms with Gasteiger partial charge in [0.25, 0.3) is 0 Å². The van der Waals surface area contributed by atoms with Crippen LogP contribution in [0.1, 0.15) is 35.0 Å². The molecule has 1 aromatic carbocycles. The summed E-state index contributed by atoms with van der Waals surface area (Å²) in [4.78, 5) is 12.1. The van der Waals surface area contributed by atoms with E-state index < -0.39 is 0 Å². The van der Waals surface area contributed by atoms with E-state index in [1.807, 2.05) is 29.0 Å². The van der Waals surface area contributed by atoms with Crippen molar-refractivity contribution in [3.63, 3.8) is 0 Å². The Morgan fingerprint density at radius 2 is 2.06 bits per heavy atom. The average Bonchev–Trinajstić information content (AvgIpc) is 2.84. The van der Waals surface area contributed by atoms with Crippen LogP contribution in [-0.2, 0) is 13.0 Å². The molecule has 2 heteroatoms. The number of rotatable bonds is 5. The van der Waals surface area contributed by atoms with Gasteiger partial charge in [-0.2, -0.15) is 0 Å². The molecule has 18 heavy (non-hydrogen) atoms. The van der Waals surface area contributed by atoms with Crippen molar-refractivity contribution < 1.29 is 4.79 Å². The lowest BCUT2D eigenvalue weighted by Crippen LogP contribution is -2.08. The summed E-state index contributed by atoms with van der Waals surface area (Å²) in [6, 6.07) is 12.2. The monoisotopic (exact) mass is 241 g/mol. The maximum absolute atomic E-state index is 12.1. The van der Waals surface area contributed by atoms with Crippen LogP contribution in [0.15, 0.2) is 42.6 Å². The highest BCUT2D eigenvalue weighted by atomic mass is 16.1. The lowest BCUT2D eigenvalue weighted by molar-refractivity contribution is 0.0974. The molecule has 0 atom stereocenters. The Labute approximate surface area is 108 Å². The highest BCUT2D eigenvalue weighted by Gasteiger charge is 2.09. The molecule has 0 unspecified atom stereocenters. The fourth-order valence-electron chi connectivity index (χ4n) is 2.20. The summed E-state index contributed by atoms with van der Waals surface area (Å²) in [5.74, 6) is 0.225. The molecule has 0 aliphatic rings. The summed E-state index contributed by atoms with van der Waals surface area (Å²) in [7, 11) is 0. The molecule has 0 aliphatic carbocycles. The first-order valence-electron chi connectivity index (χ1n) is 6.44. The number of carbonyl (C=O) groups is 1. The molecule has 0 saturated carbocycles. The smallest absolute Gasteiger partial charge is 0.179 e. The maximum Gasteiger partial charge on any atom is 0.179 e. The van der Waals surface area contributed by atoms with Gasteiger partial charge in [-0.25, -0.2) is 0 Å². The predicted octanol–water partition coefficient (Wildman–Crippen LogP) is 3.63. The van der Waals surface area contributed by atoms with Crippen LogP contribution in [-0.4, -0.2) is 10.4 Å². The highest BCUT2D eigenvalue weighted by molar-refractivity contribution is 5.94. The van der Waals surface area contributed by atoms with Gasteiger partial charge in [-0.05, 0) is 38.0 Å². The van der Waals surface area contributed by atoms with Gasteiger partial charge in [-0.1, -0.05) is 29.8 Å². The number of nitrogens with zero attached hydrogens (tertiary/aromatic N) is 1. The molecule has 1 aromatic heterocycles. The third kappa shape index (κ3) is 2.89. The molecule has 0 bridgehead atoms. The third-order valence-corrected chi connectivity index (χ3v) is 3.18. The van der Waals surface area contributed by atoms with E-state index >= 15 is 0 Å². The topological polar surface area (TPSA) is 22.0 Å². The van der Waals surface area contributed by atoms with E-state index in [2.05, 4.69) is 32.0 Å². The number of ketones is 1. The number of Topliss-reactive ketones (excluding diaryl/α,β-unsaturated/α-hetero) is 1. The molecule has 2 nitrogen and oxygen atoms in total.